The lowest BCUT2D eigenvalue weighted by Crippen LogP contribution is -2.01. The Kier molecular flexibility index (Phi) is 2.26. The molecule has 1 atom stereocenters. The molecule has 0 fully saturated rings. The van der Waals surface area contributed by atoms with Crippen LogP contribution in [0.3, 0.4) is 0 Å². The molecule has 0 aliphatic rings. The molecule has 0 aliphatic carbocycles. The molecule has 0 bridgehead atoms. The van der Waals surface area contributed by atoms with Crippen molar-refractivity contribution >= 4 is 10.9 Å². The van der Waals surface area contributed by atoms with Crippen LogP contribution < -0.4 is 4.74 Å². The Morgan fingerprint density at radius 2 is 2.07 bits per heavy atom. The van der Waals surface area contributed by atoms with Gasteiger partial charge in [-0.05, 0) is 24.3 Å². The van der Waals surface area contributed by atoms with Crippen LogP contribution in [-0.4, -0.2) is 11.6 Å². The number of pyridine rings is 1. The summed E-state index contributed by atoms with van der Waals surface area (Å²) < 4.78 is 28.0. The molecule has 0 radical (unpaired) electrons. The fraction of sp³-hybridized carbons (Fsp3) is 0.100. The summed E-state index contributed by atoms with van der Waals surface area (Å²) in [5.74, 6) is 0.153. The van der Waals surface area contributed by atoms with Gasteiger partial charge in [0.1, 0.15) is 5.75 Å². The molecular formula is C10H7F2NO. The summed E-state index contributed by atoms with van der Waals surface area (Å²) in [5.41, 5.74) is 0.758. The summed E-state index contributed by atoms with van der Waals surface area (Å²) in [6, 6.07) is 8.19. The fourth-order valence-corrected chi connectivity index (χ4v) is 1.23. The van der Waals surface area contributed by atoms with Crippen LogP contribution in [0.4, 0.5) is 8.78 Å². The third-order valence-electron chi connectivity index (χ3n) is 1.80. The molecule has 1 aromatic carbocycles. The number of benzene rings is 1. The molecule has 1 unspecified atom stereocenters. The maximum Gasteiger partial charge on any atom is 0.387 e. The molecule has 0 spiro atoms. The third-order valence-corrected chi connectivity index (χ3v) is 1.80. The Hall–Kier alpha value is -1.71. The predicted molar refractivity (Wildman–Crippen MR) is 48.4 cm³/mol. The number of hydrogen-bond donors (Lipinski definition) is 0. The zero-order chi connectivity index (χ0) is 9.97. The molecule has 1 heterocycles. The molecule has 2 rings (SSSR count). The van der Waals surface area contributed by atoms with Crippen molar-refractivity contribution in [3.8, 4) is 5.75 Å². The number of nitrogens with zero attached hydrogens (tertiary/aromatic N) is 1. The van der Waals surface area contributed by atoms with Crippen molar-refractivity contribution < 1.29 is 13.5 Å². The molecule has 0 saturated heterocycles. The van der Waals surface area contributed by atoms with Gasteiger partial charge in [-0.15, -0.1) is 0 Å². The highest BCUT2D eigenvalue weighted by Crippen LogP contribution is 2.20. The van der Waals surface area contributed by atoms with Crippen molar-refractivity contribution in [1.82, 2.24) is 4.98 Å². The van der Waals surface area contributed by atoms with E-state index in [4.69, 9.17) is 0 Å². The maximum absolute atomic E-state index is 11.9. The van der Waals surface area contributed by atoms with Gasteiger partial charge in [-0.2, -0.15) is 8.78 Å². The van der Waals surface area contributed by atoms with E-state index < -0.39 is 6.61 Å². The summed E-state index contributed by atoms with van der Waals surface area (Å²) in [5, 5.41) is 0.783. The summed E-state index contributed by atoms with van der Waals surface area (Å²) in [6.45, 7) is -2.79. The Labute approximate surface area is 79.1 Å². The van der Waals surface area contributed by atoms with Crippen molar-refractivity contribution in [3.63, 3.8) is 0 Å². The second-order valence-electron chi connectivity index (χ2n) is 2.74. The molecule has 2 nitrogen and oxygen atoms in total. The van der Waals surface area contributed by atoms with E-state index in [1.807, 2.05) is 0 Å². The largest absolute Gasteiger partial charge is 0.435 e. The van der Waals surface area contributed by atoms with Crippen LogP contribution in [-0.2, 0) is 0 Å². The Morgan fingerprint density at radius 3 is 2.86 bits per heavy atom. The van der Waals surface area contributed by atoms with Crippen molar-refractivity contribution in [1.29, 1.82) is 0 Å². The Morgan fingerprint density at radius 1 is 1.21 bits per heavy atom. The first-order chi connectivity index (χ1) is 6.75. The molecule has 14 heavy (non-hydrogen) atoms. The number of ether oxygens (including phenoxy) is 1. The number of fused-ring (bicyclic) bond motifs is 1. The van der Waals surface area contributed by atoms with Gasteiger partial charge in [0.05, 0.1) is 5.52 Å². The van der Waals surface area contributed by atoms with Crippen LogP contribution in [0.25, 0.3) is 10.9 Å². The molecule has 4 heteroatoms. The van der Waals surface area contributed by atoms with Gasteiger partial charge in [-0.1, -0.05) is 6.07 Å². The number of aromatic nitrogens is 1. The van der Waals surface area contributed by atoms with E-state index in [2.05, 4.69) is 9.72 Å². The molecule has 2 aromatic rings. The smallest absolute Gasteiger partial charge is 0.387 e. The zero-order valence-electron chi connectivity index (χ0n) is 7.15. The zero-order valence-corrected chi connectivity index (χ0v) is 7.15. The van der Waals surface area contributed by atoms with Gasteiger partial charge in [-0.3, -0.25) is 4.98 Å². The average Bonchev–Trinajstić information content (AvgIpc) is 2.17. The number of rotatable bonds is 2. The minimum Gasteiger partial charge on any atom is -0.435 e. The van der Waals surface area contributed by atoms with Gasteiger partial charge in [0.25, 0.3) is 0 Å². The highest BCUT2D eigenvalue weighted by molar-refractivity contribution is 5.79. The highest BCUT2D eigenvalue weighted by atomic mass is 19.2. The van der Waals surface area contributed by atoms with Crippen LogP contribution in [0.5, 0.6) is 5.75 Å². The van der Waals surface area contributed by atoms with Crippen molar-refractivity contribution in [2.75, 3.05) is 0 Å². The quantitative estimate of drug-likeness (QED) is 0.733. The second-order valence-corrected chi connectivity index (χ2v) is 2.74. The summed E-state index contributed by atoms with van der Waals surface area (Å²) in [7, 11) is 0. The van der Waals surface area contributed by atoms with Gasteiger partial charge in [-0.25, -0.2) is 0 Å². The van der Waals surface area contributed by atoms with Gasteiger partial charge < -0.3 is 4.74 Å². The topological polar surface area (TPSA) is 22.1 Å². The van der Waals surface area contributed by atoms with Crippen molar-refractivity contribution in [2.45, 2.75) is 6.61 Å². The lowest BCUT2D eigenvalue weighted by Gasteiger charge is -2.04. The van der Waals surface area contributed by atoms with E-state index in [-0.39, 0.29) is 5.75 Å². The number of hydrogen-bond acceptors (Lipinski definition) is 2. The van der Waals surface area contributed by atoms with E-state index in [9.17, 15) is 8.78 Å². The summed E-state index contributed by atoms with van der Waals surface area (Å²) >= 11 is 0. The summed E-state index contributed by atoms with van der Waals surface area (Å²) in [6.07, 6.45) is 1.65. The predicted octanol–water partition coefficient (Wildman–Crippen LogP) is 2.84. The van der Waals surface area contributed by atoms with Gasteiger partial charge in [0.15, 0.2) is 0 Å². The van der Waals surface area contributed by atoms with Crippen LogP contribution in [0, 0.1) is 0 Å². The van der Waals surface area contributed by atoms with E-state index in [0.29, 0.717) is 0 Å². The van der Waals surface area contributed by atoms with Crippen LogP contribution in [0.15, 0.2) is 36.5 Å². The third kappa shape index (κ3) is 1.79. The molecule has 0 amide bonds. The molecule has 0 N–H and O–H groups in total. The standard InChI is InChI=1S/C10H7F2NO/c11-10(12)14-8-3-4-9-7(6-8)2-1-5-13-9/h1-6,10H/i11-1. The minimum absolute atomic E-state index is 0.153. The fourth-order valence-electron chi connectivity index (χ4n) is 1.23. The molecule has 72 valence electrons. The maximum atomic E-state index is 11.9. The Bertz CT molecular complexity index is 445. The van der Waals surface area contributed by atoms with Crippen LogP contribution in [0.2, 0.25) is 0 Å². The molecule has 1 aromatic heterocycles. The summed E-state index contributed by atoms with van der Waals surface area (Å²) in [4.78, 5) is 4.06. The van der Waals surface area contributed by atoms with E-state index >= 15 is 0 Å². The van der Waals surface area contributed by atoms with E-state index in [1.54, 1.807) is 24.4 Å². The normalized spacial score (nSPS) is 12.7. The SMILES string of the molecule is FC([18F])Oc1ccc2ncccc2c1. The van der Waals surface area contributed by atoms with Crippen LogP contribution in [0.1, 0.15) is 0 Å². The molecule has 0 aliphatic heterocycles. The minimum atomic E-state index is -2.79. The van der Waals surface area contributed by atoms with Gasteiger partial charge in [0.2, 0.25) is 0 Å². The molecule has 0 saturated carbocycles. The van der Waals surface area contributed by atoms with Crippen molar-refractivity contribution in [2.24, 2.45) is 0 Å². The number of alkyl halides is 2. The average molecular weight is 194 g/mol. The first-order valence-electron chi connectivity index (χ1n) is 4.05. The first-order valence-corrected chi connectivity index (χ1v) is 4.05. The van der Waals surface area contributed by atoms with Crippen molar-refractivity contribution in [3.05, 3.63) is 36.5 Å². The Balaban J connectivity index is 2.41. The monoisotopic (exact) mass is 194 g/mol. The van der Waals surface area contributed by atoms with E-state index in [0.717, 1.165) is 10.9 Å². The van der Waals surface area contributed by atoms with E-state index in [1.165, 1.54) is 12.1 Å². The van der Waals surface area contributed by atoms with Gasteiger partial charge in [0, 0.05) is 11.6 Å². The van der Waals surface area contributed by atoms with Crippen LogP contribution >= 0.6 is 0 Å². The molecular weight excluding hydrogens is 187 g/mol. The lowest BCUT2D eigenvalue weighted by molar-refractivity contribution is -0.0497. The highest BCUT2D eigenvalue weighted by Gasteiger charge is 2.04. The lowest BCUT2D eigenvalue weighted by atomic mass is 10.2. The second kappa shape index (κ2) is 3.57. The van der Waals surface area contributed by atoms with Gasteiger partial charge >= 0.3 is 6.61 Å². The first kappa shape index (κ1) is 8.87. The number of halogens is 2.